The molecule has 0 aromatic carbocycles. The molecule has 46 heavy (non-hydrogen) atoms. The third-order valence-corrected chi connectivity index (χ3v) is 16.7. The number of carboxylic acids is 1. The first-order chi connectivity index (χ1) is 21.4. The first kappa shape index (κ1) is 34.5. The van der Waals surface area contributed by atoms with Gasteiger partial charge in [0.15, 0.2) is 0 Å². The third-order valence-electron chi connectivity index (χ3n) is 16.7. The van der Waals surface area contributed by atoms with Gasteiger partial charge in [-0.05, 0) is 175 Å². The second-order valence-corrected chi connectivity index (χ2v) is 19.6. The molecule has 1 saturated heterocycles. The Hall–Kier alpha value is -1.36. The Morgan fingerprint density at radius 3 is 2.22 bits per heavy atom. The SMILES string of the molecule is C=C(C)[C@@H]1CC[C@]2(CCN3CCCC3)CC[C@]3(C)[C@H](CC[C@@H]4[C@@]5(C)CC[C@H](OC(=O)CC(C)(C)C(=O)O)C(C)(C)[C@@H]5CC[C@]43C)[C@@H]12. The zero-order valence-electron chi connectivity index (χ0n) is 30.8. The summed E-state index contributed by atoms with van der Waals surface area (Å²) in [6.45, 7) is 26.9. The lowest BCUT2D eigenvalue weighted by atomic mass is 9.32. The van der Waals surface area contributed by atoms with Crippen molar-refractivity contribution in [3.63, 3.8) is 0 Å². The van der Waals surface area contributed by atoms with Crippen LogP contribution in [-0.2, 0) is 14.3 Å². The van der Waals surface area contributed by atoms with Crippen LogP contribution in [0.5, 0.6) is 0 Å². The fourth-order valence-corrected chi connectivity index (χ4v) is 13.9. The molecular weight excluding hydrogens is 570 g/mol. The van der Waals surface area contributed by atoms with Gasteiger partial charge in [0, 0.05) is 5.41 Å². The minimum atomic E-state index is -1.11. The van der Waals surface area contributed by atoms with Crippen molar-refractivity contribution in [2.45, 2.75) is 151 Å². The highest BCUT2D eigenvalue weighted by Gasteiger charge is 2.71. The van der Waals surface area contributed by atoms with E-state index in [0.717, 1.165) is 24.7 Å². The fourth-order valence-electron chi connectivity index (χ4n) is 13.9. The number of fused-ring (bicyclic) bond motifs is 7. The Morgan fingerprint density at radius 2 is 1.57 bits per heavy atom. The zero-order chi connectivity index (χ0) is 33.5. The van der Waals surface area contributed by atoms with Crippen molar-refractivity contribution in [1.82, 2.24) is 4.90 Å². The molecular formula is C41H67NO4. The number of likely N-dealkylation sites (tertiary alicyclic amines) is 1. The van der Waals surface area contributed by atoms with E-state index in [-0.39, 0.29) is 29.3 Å². The van der Waals surface area contributed by atoms with Crippen LogP contribution in [0.4, 0.5) is 0 Å². The number of allylic oxidation sites excluding steroid dienone is 1. The first-order valence-corrected chi connectivity index (χ1v) is 19.2. The maximum absolute atomic E-state index is 13.1. The highest BCUT2D eigenvalue weighted by atomic mass is 16.5. The van der Waals surface area contributed by atoms with E-state index in [1.54, 1.807) is 13.8 Å². The second kappa shape index (κ2) is 11.6. The summed E-state index contributed by atoms with van der Waals surface area (Å²) >= 11 is 0. The topological polar surface area (TPSA) is 66.8 Å². The average molecular weight is 638 g/mol. The standard InChI is InChI=1S/C41H67NO4/c1-27(2)28-14-19-41(22-25-42-23-10-11-24-42)21-20-39(8)29(34(28)41)12-13-31-38(7)17-16-32(46-33(43)26-36(3,4)35(44)45)37(5,6)30(38)15-18-40(31,39)9/h28-32,34H,1,10-26H2,2-9H3,(H,44,45)/t28-,29+,30-,31+,32-,34+,38-,39+,40+,41+/m0/s1. The van der Waals surface area contributed by atoms with Gasteiger partial charge >= 0.3 is 11.9 Å². The number of esters is 1. The maximum Gasteiger partial charge on any atom is 0.309 e. The molecule has 6 fully saturated rings. The molecule has 0 bridgehead atoms. The van der Waals surface area contributed by atoms with Crippen LogP contribution in [0.2, 0.25) is 0 Å². The molecule has 0 spiro atoms. The quantitative estimate of drug-likeness (QED) is 0.212. The lowest BCUT2D eigenvalue weighted by Crippen LogP contribution is -2.66. The highest BCUT2D eigenvalue weighted by molar-refractivity contribution is 5.81. The summed E-state index contributed by atoms with van der Waals surface area (Å²) in [4.78, 5) is 27.5. The van der Waals surface area contributed by atoms with Gasteiger partial charge in [0.25, 0.3) is 0 Å². The molecule has 5 aliphatic carbocycles. The molecule has 260 valence electrons. The maximum atomic E-state index is 13.1. The summed E-state index contributed by atoms with van der Waals surface area (Å²) in [7, 11) is 0. The third kappa shape index (κ3) is 5.17. The zero-order valence-corrected chi connectivity index (χ0v) is 30.8. The molecule has 5 heteroatoms. The van der Waals surface area contributed by atoms with Gasteiger partial charge in [-0.2, -0.15) is 0 Å². The number of rotatable bonds is 8. The molecule has 1 aliphatic heterocycles. The van der Waals surface area contributed by atoms with Crippen molar-refractivity contribution in [1.29, 1.82) is 0 Å². The normalized spacial score (nSPS) is 45.2. The fraction of sp³-hybridized carbons (Fsp3) is 0.902. The highest BCUT2D eigenvalue weighted by Crippen LogP contribution is 2.78. The lowest BCUT2D eigenvalue weighted by Gasteiger charge is -2.73. The Balaban J connectivity index is 1.24. The Labute approximate surface area is 281 Å². The predicted octanol–water partition coefficient (Wildman–Crippen LogP) is 9.54. The van der Waals surface area contributed by atoms with Crippen LogP contribution in [0.1, 0.15) is 145 Å². The number of carboxylic acid groups (broad SMARTS) is 1. The number of hydrogen-bond donors (Lipinski definition) is 1. The molecule has 0 amide bonds. The van der Waals surface area contributed by atoms with E-state index in [2.05, 4.69) is 53.0 Å². The minimum Gasteiger partial charge on any atom is -0.481 e. The van der Waals surface area contributed by atoms with Crippen LogP contribution in [0.3, 0.4) is 0 Å². The molecule has 6 rings (SSSR count). The van der Waals surface area contributed by atoms with Crippen LogP contribution < -0.4 is 0 Å². The predicted molar refractivity (Wildman–Crippen MR) is 185 cm³/mol. The molecule has 10 atom stereocenters. The van der Waals surface area contributed by atoms with Gasteiger partial charge in [-0.3, -0.25) is 9.59 Å². The smallest absolute Gasteiger partial charge is 0.309 e. The van der Waals surface area contributed by atoms with Crippen molar-refractivity contribution < 1.29 is 19.4 Å². The number of ether oxygens (including phenoxy) is 1. The number of nitrogens with zero attached hydrogens (tertiary/aromatic N) is 1. The average Bonchev–Trinajstić information content (AvgIpc) is 3.62. The molecule has 5 nitrogen and oxygen atoms in total. The van der Waals surface area contributed by atoms with Crippen molar-refractivity contribution in [2.75, 3.05) is 19.6 Å². The summed E-state index contributed by atoms with van der Waals surface area (Å²) < 4.78 is 6.19. The molecule has 0 unspecified atom stereocenters. The number of hydrogen-bond acceptors (Lipinski definition) is 4. The van der Waals surface area contributed by atoms with Crippen LogP contribution >= 0.6 is 0 Å². The Morgan fingerprint density at radius 1 is 0.870 bits per heavy atom. The van der Waals surface area contributed by atoms with E-state index >= 15 is 0 Å². The number of aliphatic carboxylic acids is 1. The summed E-state index contributed by atoms with van der Waals surface area (Å²) in [6, 6.07) is 0. The molecule has 0 aromatic heterocycles. The van der Waals surface area contributed by atoms with E-state index in [0.29, 0.717) is 34.0 Å². The summed E-state index contributed by atoms with van der Waals surface area (Å²) in [5.74, 6) is 2.13. The van der Waals surface area contributed by atoms with E-state index in [4.69, 9.17) is 4.74 Å². The number of carbonyl (C=O) groups is 2. The molecule has 0 radical (unpaired) electrons. The van der Waals surface area contributed by atoms with Crippen LogP contribution in [0, 0.1) is 62.1 Å². The van der Waals surface area contributed by atoms with E-state index < -0.39 is 11.4 Å². The van der Waals surface area contributed by atoms with Crippen molar-refractivity contribution in [3.8, 4) is 0 Å². The van der Waals surface area contributed by atoms with E-state index in [1.807, 2.05) is 0 Å². The van der Waals surface area contributed by atoms with Crippen LogP contribution in [-0.4, -0.2) is 47.7 Å². The Kier molecular flexibility index (Phi) is 8.71. The van der Waals surface area contributed by atoms with Gasteiger partial charge in [0.1, 0.15) is 6.10 Å². The molecule has 0 aromatic rings. The summed E-state index contributed by atoms with van der Waals surface area (Å²) in [6.07, 6.45) is 16.6. The monoisotopic (exact) mass is 638 g/mol. The van der Waals surface area contributed by atoms with Gasteiger partial charge < -0.3 is 14.7 Å². The number of carbonyl (C=O) groups excluding carboxylic acids is 1. The van der Waals surface area contributed by atoms with Crippen molar-refractivity contribution in [2.24, 2.45) is 62.1 Å². The van der Waals surface area contributed by atoms with Gasteiger partial charge in [0.2, 0.25) is 0 Å². The van der Waals surface area contributed by atoms with Crippen molar-refractivity contribution >= 4 is 11.9 Å². The van der Waals surface area contributed by atoms with Gasteiger partial charge in [-0.1, -0.05) is 46.8 Å². The summed E-state index contributed by atoms with van der Waals surface area (Å²) in [5, 5.41) is 9.59. The second-order valence-electron chi connectivity index (χ2n) is 19.6. The molecule has 1 N–H and O–H groups in total. The molecule has 5 saturated carbocycles. The van der Waals surface area contributed by atoms with Gasteiger partial charge in [-0.15, -0.1) is 0 Å². The van der Waals surface area contributed by atoms with Crippen LogP contribution in [0.15, 0.2) is 12.2 Å². The minimum absolute atomic E-state index is 0.0802. The first-order valence-electron chi connectivity index (χ1n) is 19.2. The van der Waals surface area contributed by atoms with Crippen molar-refractivity contribution in [3.05, 3.63) is 12.2 Å². The van der Waals surface area contributed by atoms with Crippen LogP contribution in [0.25, 0.3) is 0 Å². The van der Waals surface area contributed by atoms with Gasteiger partial charge in [0.05, 0.1) is 11.8 Å². The molecule has 1 heterocycles. The van der Waals surface area contributed by atoms with E-state index in [1.165, 1.54) is 95.8 Å². The molecule has 6 aliphatic rings. The largest absolute Gasteiger partial charge is 0.481 e. The summed E-state index contributed by atoms with van der Waals surface area (Å²) in [5.41, 5.74) is 1.58. The van der Waals surface area contributed by atoms with E-state index in [9.17, 15) is 14.7 Å². The Bertz CT molecular complexity index is 1220. The van der Waals surface area contributed by atoms with Gasteiger partial charge in [-0.25, -0.2) is 0 Å². The lowest BCUT2D eigenvalue weighted by molar-refractivity contribution is -0.250.